The third kappa shape index (κ3) is 4.23. The minimum atomic E-state index is -1.10. The molecule has 0 saturated heterocycles. The SMILES string of the molecule is CCCCC#Cc1cccc(-c2cc(C(=O)O)ccc2C(=O)O)c1. The van der Waals surface area contributed by atoms with Gasteiger partial charge in [-0.25, -0.2) is 9.59 Å². The first-order valence-corrected chi connectivity index (χ1v) is 7.73. The summed E-state index contributed by atoms with van der Waals surface area (Å²) in [5.74, 6) is 3.96. The fraction of sp³-hybridized carbons (Fsp3) is 0.200. The van der Waals surface area contributed by atoms with Crippen LogP contribution < -0.4 is 0 Å². The van der Waals surface area contributed by atoms with E-state index < -0.39 is 11.9 Å². The molecule has 0 unspecified atom stereocenters. The predicted molar refractivity (Wildman–Crippen MR) is 92.2 cm³/mol. The average Bonchev–Trinajstić information content (AvgIpc) is 2.58. The van der Waals surface area contributed by atoms with Crippen LogP contribution in [0, 0.1) is 11.8 Å². The Kier molecular flexibility index (Phi) is 5.75. The molecular formula is C20H18O4. The highest BCUT2D eigenvalue weighted by Gasteiger charge is 2.15. The molecule has 0 bridgehead atoms. The van der Waals surface area contributed by atoms with Crippen LogP contribution in [0.15, 0.2) is 42.5 Å². The van der Waals surface area contributed by atoms with Crippen molar-refractivity contribution in [3.05, 3.63) is 59.2 Å². The number of carbonyl (C=O) groups is 2. The number of carboxylic acid groups (broad SMARTS) is 2. The van der Waals surface area contributed by atoms with Crippen LogP contribution in [0.2, 0.25) is 0 Å². The van der Waals surface area contributed by atoms with Gasteiger partial charge in [0.2, 0.25) is 0 Å². The maximum Gasteiger partial charge on any atom is 0.336 e. The summed E-state index contributed by atoms with van der Waals surface area (Å²) in [4.78, 5) is 22.6. The summed E-state index contributed by atoms with van der Waals surface area (Å²) >= 11 is 0. The Morgan fingerprint density at radius 2 is 1.83 bits per heavy atom. The van der Waals surface area contributed by atoms with Gasteiger partial charge in [0.15, 0.2) is 0 Å². The Bertz CT molecular complexity index is 825. The topological polar surface area (TPSA) is 74.6 Å². The summed E-state index contributed by atoms with van der Waals surface area (Å²) in [5, 5.41) is 18.5. The standard InChI is InChI=1S/C20H18O4/c1-2-3-4-5-7-14-8-6-9-15(12-14)18-13-16(19(21)22)10-11-17(18)20(23)24/h6,8-13H,2-4H2,1H3,(H,21,22)(H,23,24). The van der Waals surface area contributed by atoms with Gasteiger partial charge >= 0.3 is 11.9 Å². The molecule has 0 aromatic heterocycles. The summed E-state index contributed by atoms with van der Waals surface area (Å²) in [6.07, 6.45) is 2.94. The number of rotatable bonds is 5. The Morgan fingerprint density at radius 1 is 1.04 bits per heavy atom. The third-order valence-electron chi connectivity index (χ3n) is 3.56. The van der Waals surface area contributed by atoms with E-state index in [1.54, 1.807) is 18.2 Å². The van der Waals surface area contributed by atoms with E-state index in [2.05, 4.69) is 18.8 Å². The number of hydrogen-bond acceptors (Lipinski definition) is 2. The molecule has 0 heterocycles. The van der Waals surface area contributed by atoms with Crippen molar-refractivity contribution in [1.82, 2.24) is 0 Å². The average molecular weight is 322 g/mol. The lowest BCUT2D eigenvalue weighted by atomic mass is 9.96. The first-order chi connectivity index (χ1) is 11.5. The fourth-order valence-corrected chi connectivity index (χ4v) is 2.30. The van der Waals surface area contributed by atoms with Crippen molar-refractivity contribution in [2.75, 3.05) is 0 Å². The number of aromatic carboxylic acids is 2. The van der Waals surface area contributed by atoms with Gasteiger partial charge in [-0.05, 0) is 47.9 Å². The molecule has 0 radical (unpaired) electrons. The van der Waals surface area contributed by atoms with Crippen molar-refractivity contribution in [2.45, 2.75) is 26.2 Å². The van der Waals surface area contributed by atoms with E-state index in [1.807, 2.05) is 6.07 Å². The highest BCUT2D eigenvalue weighted by atomic mass is 16.4. The highest BCUT2D eigenvalue weighted by Crippen LogP contribution is 2.26. The van der Waals surface area contributed by atoms with E-state index in [4.69, 9.17) is 5.11 Å². The summed E-state index contributed by atoms with van der Waals surface area (Å²) in [7, 11) is 0. The molecule has 0 spiro atoms. The quantitative estimate of drug-likeness (QED) is 0.636. The van der Waals surface area contributed by atoms with E-state index in [0.29, 0.717) is 11.1 Å². The van der Waals surface area contributed by atoms with Crippen LogP contribution in [0.25, 0.3) is 11.1 Å². The van der Waals surface area contributed by atoms with Crippen LogP contribution in [0.3, 0.4) is 0 Å². The summed E-state index contributed by atoms with van der Waals surface area (Å²) < 4.78 is 0. The first kappa shape index (κ1) is 17.3. The number of benzene rings is 2. The molecule has 0 aliphatic carbocycles. The van der Waals surface area contributed by atoms with E-state index in [1.165, 1.54) is 18.2 Å². The zero-order valence-corrected chi connectivity index (χ0v) is 13.4. The van der Waals surface area contributed by atoms with E-state index in [0.717, 1.165) is 24.8 Å². The lowest BCUT2D eigenvalue weighted by Crippen LogP contribution is -2.03. The largest absolute Gasteiger partial charge is 0.478 e. The van der Waals surface area contributed by atoms with Crippen LogP contribution in [0.4, 0.5) is 0 Å². The first-order valence-electron chi connectivity index (χ1n) is 7.73. The van der Waals surface area contributed by atoms with E-state index in [-0.39, 0.29) is 11.1 Å². The minimum absolute atomic E-state index is 0.0504. The lowest BCUT2D eigenvalue weighted by Gasteiger charge is -2.08. The Balaban J connectivity index is 2.46. The molecule has 2 N–H and O–H groups in total. The monoisotopic (exact) mass is 322 g/mol. The van der Waals surface area contributed by atoms with Crippen molar-refractivity contribution in [1.29, 1.82) is 0 Å². The molecule has 0 aliphatic rings. The molecular weight excluding hydrogens is 304 g/mol. The molecule has 0 aliphatic heterocycles. The molecule has 2 aromatic rings. The van der Waals surface area contributed by atoms with Crippen molar-refractivity contribution < 1.29 is 19.8 Å². The maximum absolute atomic E-state index is 11.4. The van der Waals surface area contributed by atoms with Gasteiger partial charge in [0.05, 0.1) is 11.1 Å². The number of carboxylic acids is 2. The smallest absolute Gasteiger partial charge is 0.336 e. The Hall–Kier alpha value is -3.06. The van der Waals surface area contributed by atoms with Crippen molar-refractivity contribution in [3.8, 4) is 23.0 Å². The van der Waals surface area contributed by atoms with Gasteiger partial charge in [-0.2, -0.15) is 0 Å². The van der Waals surface area contributed by atoms with Gasteiger partial charge in [0.1, 0.15) is 0 Å². The summed E-state index contributed by atoms with van der Waals surface area (Å²) in [6.45, 7) is 2.10. The lowest BCUT2D eigenvalue weighted by molar-refractivity contribution is 0.0682. The zero-order chi connectivity index (χ0) is 17.5. The van der Waals surface area contributed by atoms with Crippen LogP contribution in [0.1, 0.15) is 52.5 Å². The summed E-state index contributed by atoms with van der Waals surface area (Å²) in [6, 6.07) is 11.2. The normalized spacial score (nSPS) is 9.88. The molecule has 4 heteroatoms. The van der Waals surface area contributed by atoms with Gasteiger partial charge in [0.25, 0.3) is 0 Å². The summed E-state index contributed by atoms with van der Waals surface area (Å²) in [5.41, 5.74) is 1.91. The van der Waals surface area contributed by atoms with Crippen molar-refractivity contribution >= 4 is 11.9 Å². The van der Waals surface area contributed by atoms with Crippen LogP contribution in [0.5, 0.6) is 0 Å². The molecule has 2 rings (SSSR count). The number of unbranched alkanes of at least 4 members (excludes halogenated alkanes) is 2. The van der Waals surface area contributed by atoms with E-state index in [9.17, 15) is 14.7 Å². The van der Waals surface area contributed by atoms with Gasteiger partial charge in [-0.3, -0.25) is 0 Å². The van der Waals surface area contributed by atoms with Crippen LogP contribution in [-0.2, 0) is 0 Å². The number of hydrogen-bond donors (Lipinski definition) is 2. The van der Waals surface area contributed by atoms with Gasteiger partial charge in [-0.15, -0.1) is 0 Å². The van der Waals surface area contributed by atoms with Gasteiger partial charge in [-0.1, -0.05) is 37.3 Å². The van der Waals surface area contributed by atoms with Crippen LogP contribution in [-0.4, -0.2) is 22.2 Å². The fourth-order valence-electron chi connectivity index (χ4n) is 2.30. The third-order valence-corrected chi connectivity index (χ3v) is 3.56. The molecule has 0 saturated carbocycles. The molecule has 0 atom stereocenters. The van der Waals surface area contributed by atoms with Gasteiger partial charge < -0.3 is 10.2 Å². The molecule has 0 fully saturated rings. The second kappa shape index (κ2) is 7.98. The Morgan fingerprint density at radius 3 is 2.50 bits per heavy atom. The molecule has 4 nitrogen and oxygen atoms in total. The minimum Gasteiger partial charge on any atom is -0.478 e. The van der Waals surface area contributed by atoms with Crippen molar-refractivity contribution in [3.63, 3.8) is 0 Å². The highest BCUT2D eigenvalue weighted by molar-refractivity contribution is 5.99. The second-order valence-corrected chi connectivity index (χ2v) is 5.36. The van der Waals surface area contributed by atoms with E-state index >= 15 is 0 Å². The second-order valence-electron chi connectivity index (χ2n) is 5.36. The van der Waals surface area contributed by atoms with Gasteiger partial charge in [0, 0.05) is 12.0 Å². The molecule has 2 aromatic carbocycles. The predicted octanol–water partition coefficient (Wildman–Crippen LogP) is 4.29. The zero-order valence-electron chi connectivity index (χ0n) is 13.4. The Labute approximate surface area is 140 Å². The van der Waals surface area contributed by atoms with Crippen LogP contribution >= 0.6 is 0 Å². The molecule has 122 valence electrons. The maximum atomic E-state index is 11.4. The van der Waals surface area contributed by atoms with Crippen molar-refractivity contribution in [2.24, 2.45) is 0 Å². The molecule has 24 heavy (non-hydrogen) atoms. The molecule has 0 amide bonds.